The van der Waals surface area contributed by atoms with Gasteiger partial charge < -0.3 is 9.80 Å². The van der Waals surface area contributed by atoms with E-state index in [0.717, 1.165) is 0 Å². The first-order chi connectivity index (χ1) is 25.8. The number of benzene rings is 8. The molecule has 0 aliphatic rings. The van der Waals surface area contributed by atoms with Gasteiger partial charge in [0.15, 0.2) is 0 Å². The van der Waals surface area contributed by atoms with Gasteiger partial charge in [-0.05, 0) is 197 Å². The summed E-state index contributed by atoms with van der Waals surface area (Å²) in [6, 6.07) is 36.8. The lowest BCUT2D eigenvalue weighted by molar-refractivity contribution is 1.13. The summed E-state index contributed by atoms with van der Waals surface area (Å²) in [7, 11) is 0. The second-order valence-electron chi connectivity index (χ2n) is 15.9. The molecule has 8 rings (SSSR count). The van der Waals surface area contributed by atoms with E-state index in [0.29, 0.717) is 0 Å². The van der Waals surface area contributed by atoms with Crippen molar-refractivity contribution >= 4 is 66.4 Å². The molecule has 0 amide bonds. The van der Waals surface area contributed by atoms with Crippen LogP contribution >= 0.6 is 0 Å². The summed E-state index contributed by atoms with van der Waals surface area (Å²) in [6.45, 7) is 27.2. The molecule has 0 aliphatic carbocycles. The smallest absolute Gasteiger partial charge is 0.0540 e. The fourth-order valence-electron chi connectivity index (χ4n) is 8.96. The molecule has 0 unspecified atom stereocenters. The van der Waals surface area contributed by atoms with Gasteiger partial charge in [-0.2, -0.15) is 0 Å². The van der Waals surface area contributed by atoms with Crippen LogP contribution < -0.4 is 9.80 Å². The van der Waals surface area contributed by atoms with Crippen molar-refractivity contribution in [2.24, 2.45) is 0 Å². The highest BCUT2D eigenvalue weighted by atomic mass is 15.2. The lowest BCUT2D eigenvalue weighted by Crippen LogP contribution is -2.16. The Hall–Kier alpha value is -5.60. The molecule has 270 valence electrons. The van der Waals surface area contributed by atoms with Crippen molar-refractivity contribution in [2.45, 2.75) is 83.1 Å². The number of rotatable bonds is 6. The minimum Gasteiger partial charge on any atom is -0.309 e. The highest BCUT2D eigenvalue weighted by Gasteiger charge is 2.26. The number of hydrogen-bond donors (Lipinski definition) is 0. The Morgan fingerprint density at radius 3 is 0.870 bits per heavy atom. The second-order valence-corrected chi connectivity index (χ2v) is 15.9. The fourth-order valence-corrected chi connectivity index (χ4v) is 8.96. The maximum absolute atomic E-state index is 2.53. The van der Waals surface area contributed by atoms with Gasteiger partial charge in [-0.1, -0.05) is 71.8 Å². The Labute approximate surface area is 322 Å². The van der Waals surface area contributed by atoms with Gasteiger partial charge in [0.25, 0.3) is 0 Å². The zero-order valence-corrected chi connectivity index (χ0v) is 34.1. The molecule has 0 atom stereocenters. The molecular weight excluding hydrogens is 653 g/mol. The van der Waals surface area contributed by atoms with Gasteiger partial charge in [0.1, 0.15) is 0 Å². The van der Waals surface area contributed by atoms with Crippen LogP contribution in [0.15, 0.2) is 97.1 Å². The molecule has 0 aliphatic heterocycles. The van der Waals surface area contributed by atoms with Gasteiger partial charge in [-0.15, -0.1) is 0 Å². The molecule has 0 saturated carbocycles. The minimum atomic E-state index is 1.17. The lowest BCUT2D eigenvalue weighted by Gasteiger charge is -2.33. The van der Waals surface area contributed by atoms with E-state index >= 15 is 0 Å². The third kappa shape index (κ3) is 5.29. The molecule has 0 fully saturated rings. The summed E-state index contributed by atoms with van der Waals surface area (Å²) in [5.41, 5.74) is 23.3. The Morgan fingerprint density at radius 1 is 0.278 bits per heavy atom. The minimum absolute atomic E-state index is 1.17. The highest BCUT2D eigenvalue weighted by Crippen LogP contribution is 2.50. The van der Waals surface area contributed by atoms with E-state index in [1.54, 1.807) is 0 Å². The van der Waals surface area contributed by atoms with Gasteiger partial charge in [0.2, 0.25) is 0 Å². The van der Waals surface area contributed by atoms with Crippen molar-refractivity contribution in [3.63, 3.8) is 0 Å². The van der Waals surface area contributed by atoms with Crippen molar-refractivity contribution in [3.8, 4) is 0 Å². The SMILES string of the molecule is Cc1ccc(N(c2c(C)c(C)c(C)c(C)c2C)c2ccc3ccc4c(N(c5ccc(C)cc5)c5c(C)c(C)c(C)c(C)c5C)ccc5ccc2c3c54)cc1. The Balaban J connectivity index is 1.46. The molecular formula is C52H52N2. The lowest BCUT2D eigenvalue weighted by atomic mass is 9.89. The normalized spacial score (nSPS) is 11.7. The monoisotopic (exact) mass is 704 g/mol. The number of nitrogens with zero attached hydrogens (tertiary/aromatic N) is 2. The first kappa shape index (κ1) is 35.4. The molecule has 8 aromatic rings. The molecule has 0 spiro atoms. The average molecular weight is 705 g/mol. The largest absolute Gasteiger partial charge is 0.309 e. The number of aryl methyl sites for hydroxylation is 2. The van der Waals surface area contributed by atoms with Gasteiger partial charge in [-0.25, -0.2) is 0 Å². The average Bonchev–Trinajstić information content (AvgIpc) is 3.18. The maximum atomic E-state index is 2.53. The summed E-state index contributed by atoms with van der Waals surface area (Å²) < 4.78 is 0. The summed E-state index contributed by atoms with van der Waals surface area (Å²) in [5, 5.41) is 7.66. The summed E-state index contributed by atoms with van der Waals surface area (Å²) in [4.78, 5) is 5.05. The van der Waals surface area contributed by atoms with Gasteiger partial charge in [-0.3, -0.25) is 0 Å². The van der Waals surface area contributed by atoms with Crippen molar-refractivity contribution in [2.75, 3.05) is 9.80 Å². The molecule has 0 saturated heterocycles. The third-order valence-corrected chi connectivity index (χ3v) is 13.1. The van der Waals surface area contributed by atoms with Crippen LogP contribution in [0.4, 0.5) is 34.1 Å². The fraction of sp³-hybridized carbons (Fsp3) is 0.231. The van der Waals surface area contributed by atoms with E-state index in [4.69, 9.17) is 0 Å². The van der Waals surface area contributed by atoms with Crippen LogP contribution in [0, 0.1) is 83.1 Å². The van der Waals surface area contributed by atoms with Gasteiger partial charge in [0, 0.05) is 22.1 Å². The van der Waals surface area contributed by atoms with E-state index in [9.17, 15) is 0 Å². The number of anilines is 6. The Kier molecular flexibility index (Phi) is 8.57. The van der Waals surface area contributed by atoms with E-state index in [1.165, 1.54) is 133 Å². The van der Waals surface area contributed by atoms with Crippen LogP contribution in [-0.4, -0.2) is 0 Å². The first-order valence-corrected chi connectivity index (χ1v) is 19.4. The van der Waals surface area contributed by atoms with Crippen LogP contribution in [0.5, 0.6) is 0 Å². The molecule has 2 heteroatoms. The van der Waals surface area contributed by atoms with E-state index in [-0.39, 0.29) is 0 Å². The predicted molar refractivity (Wildman–Crippen MR) is 236 cm³/mol. The Morgan fingerprint density at radius 2 is 0.556 bits per heavy atom. The topological polar surface area (TPSA) is 6.48 Å². The van der Waals surface area contributed by atoms with E-state index < -0.39 is 0 Å². The van der Waals surface area contributed by atoms with Crippen LogP contribution in [0.3, 0.4) is 0 Å². The van der Waals surface area contributed by atoms with Crippen LogP contribution in [0.1, 0.15) is 66.8 Å². The number of hydrogen-bond acceptors (Lipinski definition) is 2. The van der Waals surface area contributed by atoms with Crippen LogP contribution in [0.2, 0.25) is 0 Å². The molecule has 0 radical (unpaired) electrons. The maximum Gasteiger partial charge on any atom is 0.0540 e. The van der Waals surface area contributed by atoms with Crippen LogP contribution in [-0.2, 0) is 0 Å². The summed E-state index contributed by atoms with van der Waals surface area (Å²) in [5.74, 6) is 0. The zero-order valence-electron chi connectivity index (χ0n) is 34.1. The quantitative estimate of drug-likeness (QED) is 0.159. The standard InChI is InChI=1S/C52H52N2/c1-29-13-21-43(22-14-29)53(51-37(9)33(5)31(3)34(6)38(51)10)47-27-19-41-18-26-46-48(28-20-42-17-25-45(47)49(41)50(42)46)54(44-23-15-30(2)16-24-44)52-39(11)35(7)32(4)36(8)40(52)12/h13-28H,1-12H3. The van der Waals surface area contributed by atoms with Crippen molar-refractivity contribution < 1.29 is 0 Å². The summed E-state index contributed by atoms with van der Waals surface area (Å²) in [6.07, 6.45) is 0. The second kappa shape index (κ2) is 13.1. The molecule has 0 bridgehead atoms. The summed E-state index contributed by atoms with van der Waals surface area (Å²) >= 11 is 0. The Bertz CT molecular complexity index is 2510. The molecule has 0 aromatic heterocycles. The molecule has 2 nitrogen and oxygen atoms in total. The van der Waals surface area contributed by atoms with Crippen LogP contribution in [0.25, 0.3) is 32.3 Å². The van der Waals surface area contributed by atoms with E-state index in [1.807, 2.05) is 0 Å². The van der Waals surface area contributed by atoms with Crippen molar-refractivity contribution in [1.29, 1.82) is 0 Å². The van der Waals surface area contributed by atoms with E-state index in [2.05, 4.69) is 190 Å². The van der Waals surface area contributed by atoms with Crippen molar-refractivity contribution in [3.05, 3.63) is 164 Å². The molecule has 0 heterocycles. The zero-order chi connectivity index (χ0) is 38.3. The predicted octanol–water partition coefficient (Wildman–Crippen LogP) is 15.2. The molecule has 8 aromatic carbocycles. The molecule has 0 N–H and O–H groups in total. The first-order valence-electron chi connectivity index (χ1n) is 19.4. The molecule has 54 heavy (non-hydrogen) atoms. The van der Waals surface area contributed by atoms with Gasteiger partial charge >= 0.3 is 0 Å². The highest BCUT2D eigenvalue weighted by molar-refractivity contribution is 6.28. The third-order valence-electron chi connectivity index (χ3n) is 13.1. The van der Waals surface area contributed by atoms with Crippen molar-refractivity contribution in [1.82, 2.24) is 0 Å². The van der Waals surface area contributed by atoms with Gasteiger partial charge in [0.05, 0.1) is 22.7 Å².